The lowest BCUT2D eigenvalue weighted by atomic mass is 10.0. The fourth-order valence-electron chi connectivity index (χ4n) is 1.67. The van der Waals surface area contributed by atoms with Gasteiger partial charge in [-0.15, -0.1) is 0 Å². The highest BCUT2D eigenvalue weighted by molar-refractivity contribution is 6.31. The van der Waals surface area contributed by atoms with Crippen LogP contribution in [0.1, 0.15) is 17.9 Å². The molecule has 0 aromatic heterocycles. The molecular formula is C11H7ClN2. The lowest BCUT2D eigenvalue weighted by molar-refractivity contribution is 0.841. The van der Waals surface area contributed by atoms with Crippen LogP contribution >= 0.6 is 11.6 Å². The Morgan fingerprint density at radius 1 is 1.29 bits per heavy atom. The van der Waals surface area contributed by atoms with Crippen molar-refractivity contribution >= 4 is 11.6 Å². The Kier molecular flexibility index (Phi) is 1.95. The zero-order valence-corrected chi connectivity index (χ0v) is 8.12. The molecule has 14 heavy (non-hydrogen) atoms. The third-order valence-corrected chi connectivity index (χ3v) is 2.98. The van der Waals surface area contributed by atoms with Crippen molar-refractivity contribution < 1.29 is 0 Å². The van der Waals surface area contributed by atoms with Gasteiger partial charge in [0.25, 0.3) is 0 Å². The topological polar surface area (TPSA) is 47.6 Å². The highest BCUT2D eigenvalue weighted by atomic mass is 35.5. The summed E-state index contributed by atoms with van der Waals surface area (Å²) >= 11 is 5.98. The van der Waals surface area contributed by atoms with E-state index in [9.17, 15) is 0 Å². The van der Waals surface area contributed by atoms with E-state index in [4.69, 9.17) is 22.1 Å². The molecule has 0 N–H and O–H groups in total. The van der Waals surface area contributed by atoms with Gasteiger partial charge in [-0.2, -0.15) is 10.5 Å². The minimum atomic E-state index is -0.828. The van der Waals surface area contributed by atoms with Crippen LogP contribution in [-0.2, 0) is 0 Å². The highest BCUT2D eigenvalue weighted by Gasteiger charge is 2.57. The van der Waals surface area contributed by atoms with Crippen LogP contribution in [0.15, 0.2) is 24.3 Å². The molecule has 0 spiro atoms. The predicted molar refractivity (Wildman–Crippen MR) is 52.5 cm³/mol. The van der Waals surface area contributed by atoms with E-state index in [0.717, 1.165) is 5.56 Å². The first kappa shape index (κ1) is 9.06. The van der Waals surface area contributed by atoms with Gasteiger partial charge >= 0.3 is 0 Å². The summed E-state index contributed by atoms with van der Waals surface area (Å²) in [4.78, 5) is 0. The van der Waals surface area contributed by atoms with Crippen LogP contribution in [0.25, 0.3) is 0 Å². The van der Waals surface area contributed by atoms with Crippen molar-refractivity contribution in [2.24, 2.45) is 5.41 Å². The first-order chi connectivity index (χ1) is 6.73. The summed E-state index contributed by atoms with van der Waals surface area (Å²) in [5.41, 5.74) is 0.0858. The molecule has 2 rings (SSSR count). The van der Waals surface area contributed by atoms with Gasteiger partial charge in [0, 0.05) is 10.9 Å². The van der Waals surface area contributed by atoms with E-state index >= 15 is 0 Å². The number of benzene rings is 1. The number of hydrogen-bond acceptors (Lipinski definition) is 2. The molecule has 0 bridgehead atoms. The fraction of sp³-hybridized carbons (Fsp3) is 0.273. The van der Waals surface area contributed by atoms with Gasteiger partial charge in [0.05, 0.1) is 12.1 Å². The van der Waals surface area contributed by atoms with Crippen molar-refractivity contribution in [1.29, 1.82) is 10.5 Å². The Morgan fingerprint density at radius 3 is 2.43 bits per heavy atom. The summed E-state index contributed by atoms with van der Waals surface area (Å²) in [6.07, 6.45) is 0.601. The van der Waals surface area contributed by atoms with Gasteiger partial charge < -0.3 is 0 Å². The predicted octanol–water partition coefficient (Wildman–Crippen LogP) is 2.86. The number of nitrogens with zero attached hydrogens (tertiary/aromatic N) is 2. The molecule has 1 atom stereocenters. The molecular weight excluding hydrogens is 196 g/mol. The largest absolute Gasteiger partial charge is 0.197 e. The average molecular weight is 203 g/mol. The smallest absolute Gasteiger partial charge is 0.151 e. The summed E-state index contributed by atoms with van der Waals surface area (Å²) in [5, 5.41) is 18.4. The van der Waals surface area contributed by atoms with E-state index in [1.54, 1.807) is 6.07 Å². The number of halogens is 1. The van der Waals surface area contributed by atoms with Crippen LogP contribution in [0.3, 0.4) is 0 Å². The SMILES string of the molecule is N#CC1(C#N)CC1c1ccccc1Cl. The van der Waals surface area contributed by atoms with Crippen molar-refractivity contribution in [3.63, 3.8) is 0 Å². The standard InChI is InChI=1S/C11H7ClN2/c12-10-4-2-1-3-8(10)9-5-11(9,6-13)7-14/h1-4,9H,5H2. The van der Waals surface area contributed by atoms with Gasteiger partial charge in [0.1, 0.15) is 0 Å². The normalized spacial score (nSPS) is 22.1. The van der Waals surface area contributed by atoms with Crippen LogP contribution in [0.2, 0.25) is 5.02 Å². The van der Waals surface area contributed by atoms with E-state index in [2.05, 4.69) is 12.1 Å². The second kappa shape index (κ2) is 3.01. The molecule has 2 nitrogen and oxygen atoms in total. The third kappa shape index (κ3) is 1.16. The first-order valence-corrected chi connectivity index (χ1v) is 4.68. The van der Waals surface area contributed by atoms with Gasteiger partial charge in [-0.25, -0.2) is 0 Å². The summed E-state index contributed by atoms with van der Waals surface area (Å²) < 4.78 is 0. The van der Waals surface area contributed by atoms with Crippen molar-refractivity contribution in [2.45, 2.75) is 12.3 Å². The van der Waals surface area contributed by atoms with Crippen molar-refractivity contribution in [3.05, 3.63) is 34.9 Å². The Balaban J connectivity index is 2.36. The van der Waals surface area contributed by atoms with Gasteiger partial charge in [-0.3, -0.25) is 0 Å². The molecule has 1 unspecified atom stereocenters. The molecule has 0 radical (unpaired) electrons. The van der Waals surface area contributed by atoms with E-state index in [1.165, 1.54) is 0 Å². The Morgan fingerprint density at radius 2 is 1.93 bits per heavy atom. The lowest BCUT2D eigenvalue weighted by Gasteiger charge is -2.01. The fourth-order valence-corrected chi connectivity index (χ4v) is 1.94. The maximum absolute atomic E-state index is 8.86. The molecule has 1 aliphatic rings. The number of hydrogen-bond donors (Lipinski definition) is 0. The molecule has 1 saturated carbocycles. The highest BCUT2D eigenvalue weighted by Crippen LogP contribution is 2.59. The Labute approximate surface area is 87.3 Å². The van der Waals surface area contributed by atoms with Gasteiger partial charge in [0.15, 0.2) is 5.41 Å². The molecule has 0 heterocycles. The molecule has 1 aromatic rings. The maximum Gasteiger partial charge on any atom is 0.151 e. The summed E-state index contributed by atoms with van der Waals surface area (Å²) in [7, 11) is 0. The molecule has 0 aliphatic heterocycles. The van der Waals surface area contributed by atoms with E-state index in [0.29, 0.717) is 11.4 Å². The quantitative estimate of drug-likeness (QED) is 0.703. The van der Waals surface area contributed by atoms with Gasteiger partial charge in [-0.05, 0) is 18.1 Å². The Bertz CT molecular complexity index is 439. The van der Waals surface area contributed by atoms with Crippen LogP contribution in [-0.4, -0.2) is 0 Å². The average Bonchev–Trinajstić information content (AvgIpc) is 2.94. The minimum Gasteiger partial charge on any atom is -0.197 e. The molecule has 1 fully saturated rings. The third-order valence-electron chi connectivity index (χ3n) is 2.64. The monoisotopic (exact) mass is 202 g/mol. The summed E-state index contributed by atoms with van der Waals surface area (Å²) in [6, 6.07) is 11.5. The number of rotatable bonds is 1. The molecule has 0 amide bonds. The Hall–Kier alpha value is -1.51. The first-order valence-electron chi connectivity index (χ1n) is 4.30. The molecule has 0 saturated heterocycles. The van der Waals surface area contributed by atoms with Gasteiger partial charge in [0.2, 0.25) is 0 Å². The summed E-state index contributed by atoms with van der Waals surface area (Å²) in [6.45, 7) is 0. The van der Waals surface area contributed by atoms with E-state index < -0.39 is 5.41 Å². The second-order valence-corrected chi connectivity index (χ2v) is 3.88. The van der Waals surface area contributed by atoms with Crippen molar-refractivity contribution in [2.75, 3.05) is 0 Å². The van der Waals surface area contributed by atoms with Crippen molar-refractivity contribution in [3.8, 4) is 12.1 Å². The van der Waals surface area contributed by atoms with Crippen LogP contribution in [0.4, 0.5) is 0 Å². The van der Waals surface area contributed by atoms with Crippen LogP contribution in [0, 0.1) is 28.1 Å². The van der Waals surface area contributed by atoms with Crippen LogP contribution in [0.5, 0.6) is 0 Å². The minimum absolute atomic E-state index is 0.00815. The second-order valence-electron chi connectivity index (χ2n) is 3.47. The maximum atomic E-state index is 8.86. The van der Waals surface area contributed by atoms with Gasteiger partial charge in [-0.1, -0.05) is 29.8 Å². The summed E-state index contributed by atoms with van der Waals surface area (Å²) in [5.74, 6) is -0.00815. The molecule has 3 heteroatoms. The van der Waals surface area contributed by atoms with E-state index in [1.807, 2.05) is 18.2 Å². The zero-order valence-electron chi connectivity index (χ0n) is 7.37. The number of nitriles is 2. The lowest BCUT2D eigenvalue weighted by Crippen LogP contribution is -1.95. The molecule has 1 aromatic carbocycles. The van der Waals surface area contributed by atoms with E-state index in [-0.39, 0.29) is 5.92 Å². The van der Waals surface area contributed by atoms with Crippen LogP contribution < -0.4 is 0 Å². The zero-order chi connectivity index (χ0) is 10.2. The molecule has 1 aliphatic carbocycles. The molecule has 68 valence electrons. The van der Waals surface area contributed by atoms with Crippen molar-refractivity contribution in [1.82, 2.24) is 0 Å².